The van der Waals surface area contributed by atoms with Gasteiger partial charge < -0.3 is 9.84 Å². The maximum Gasteiger partial charge on any atom is 0.317 e. The molecule has 5 heteroatoms. The number of ether oxygens (including phenoxy) is 1. The van der Waals surface area contributed by atoms with Gasteiger partial charge in [0.1, 0.15) is 0 Å². The first kappa shape index (κ1) is 15.7. The van der Waals surface area contributed by atoms with Gasteiger partial charge in [-0.25, -0.2) is 0 Å². The minimum Gasteiger partial charge on any atom is -0.357 e. The first-order valence-electron chi connectivity index (χ1n) is 7.06. The van der Waals surface area contributed by atoms with E-state index in [4.69, 9.17) is 4.74 Å². The predicted octanol–water partition coefficient (Wildman–Crippen LogP) is 4.08. The molecule has 118 valence electrons. The number of hydrogen-bond acceptors (Lipinski definition) is 3. The Hall–Kier alpha value is -1.17. The highest BCUT2D eigenvalue weighted by Crippen LogP contribution is 2.65. The number of rotatable bonds is 2. The van der Waals surface area contributed by atoms with Gasteiger partial charge in [0.2, 0.25) is 0 Å². The molecule has 0 amide bonds. The average molecular weight is 324 g/mol. The SMILES string of the molecule is CSC1=C(C)C=C[C@H]2O[C@@](O)(c3ccccc3)C(F)(F)[C@@]12C. The van der Waals surface area contributed by atoms with E-state index in [0.29, 0.717) is 4.91 Å². The van der Waals surface area contributed by atoms with E-state index in [0.717, 1.165) is 5.57 Å². The largest absolute Gasteiger partial charge is 0.357 e. The zero-order chi connectivity index (χ0) is 16.2. The standard InChI is InChI=1S/C17H18F2O2S/c1-11-9-10-13-15(2,14(11)22-3)17(18,19)16(20,21-13)12-7-5-4-6-8-12/h4-10,13,20H,1-3H3/t13-,15-,16+/m1/s1. The third-order valence-electron chi connectivity index (χ3n) is 4.66. The first-order valence-corrected chi connectivity index (χ1v) is 8.28. The van der Waals surface area contributed by atoms with Gasteiger partial charge in [0.25, 0.3) is 5.79 Å². The van der Waals surface area contributed by atoms with Gasteiger partial charge in [-0.2, -0.15) is 8.78 Å². The summed E-state index contributed by atoms with van der Waals surface area (Å²) in [6.07, 6.45) is 4.30. The Kier molecular flexibility index (Phi) is 3.51. The van der Waals surface area contributed by atoms with Gasteiger partial charge in [0.15, 0.2) is 0 Å². The quantitative estimate of drug-likeness (QED) is 0.889. The Labute approximate surface area is 132 Å². The van der Waals surface area contributed by atoms with E-state index in [9.17, 15) is 5.11 Å². The zero-order valence-corrected chi connectivity index (χ0v) is 13.5. The molecule has 1 aromatic carbocycles. The van der Waals surface area contributed by atoms with Crippen molar-refractivity contribution in [2.24, 2.45) is 5.41 Å². The lowest BCUT2D eigenvalue weighted by atomic mass is 9.72. The van der Waals surface area contributed by atoms with Crippen molar-refractivity contribution in [2.75, 3.05) is 6.26 Å². The number of alkyl halides is 2. The Bertz CT molecular complexity index is 656. The van der Waals surface area contributed by atoms with E-state index in [1.807, 2.05) is 0 Å². The van der Waals surface area contributed by atoms with E-state index < -0.39 is 23.2 Å². The minimum absolute atomic E-state index is 0.0714. The molecule has 2 nitrogen and oxygen atoms in total. The Morgan fingerprint density at radius 2 is 1.86 bits per heavy atom. The van der Waals surface area contributed by atoms with Gasteiger partial charge in [0.05, 0.1) is 11.5 Å². The van der Waals surface area contributed by atoms with Crippen molar-refractivity contribution < 1.29 is 18.6 Å². The van der Waals surface area contributed by atoms with Crippen molar-refractivity contribution in [3.63, 3.8) is 0 Å². The molecule has 0 bridgehead atoms. The Morgan fingerprint density at radius 1 is 1.23 bits per heavy atom. The summed E-state index contributed by atoms with van der Waals surface area (Å²) in [5.74, 6) is -6.10. The summed E-state index contributed by atoms with van der Waals surface area (Å²) in [6, 6.07) is 7.88. The molecule has 0 aromatic heterocycles. The monoisotopic (exact) mass is 324 g/mol. The van der Waals surface area contributed by atoms with Crippen molar-refractivity contribution in [3.8, 4) is 0 Å². The summed E-state index contributed by atoms with van der Waals surface area (Å²) < 4.78 is 36.2. The second-order valence-electron chi connectivity index (χ2n) is 5.90. The summed E-state index contributed by atoms with van der Waals surface area (Å²) in [6.45, 7) is 3.27. The maximum absolute atomic E-state index is 15.4. The van der Waals surface area contributed by atoms with Crippen molar-refractivity contribution >= 4 is 11.8 Å². The number of benzene rings is 1. The molecule has 1 saturated heterocycles. The summed E-state index contributed by atoms with van der Waals surface area (Å²) >= 11 is 1.28. The van der Waals surface area contributed by atoms with Crippen molar-refractivity contribution in [3.05, 3.63) is 58.5 Å². The van der Waals surface area contributed by atoms with Gasteiger partial charge in [-0.1, -0.05) is 42.5 Å². The molecule has 3 rings (SSSR count). The van der Waals surface area contributed by atoms with E-state index in [2.05, 4.69) is 0 Å². The van der Waals surface area contributed by atoms with E-state index >= 15 is 8.78 Å². The van der Waals surface area contributed by atoms with Crippen LogP contribution in [-0.4, -0.2) is 23.4 Å². The average Bonchev–Trinajstić information content (AvgIpc) is 2.66. The van der Waals surface area contributed by atoms with Crippen LogP contribution < -0.4 is 0 Å². The molecule has 1 N–H and O–H groups in total. The highest BCUT2D eigenvalue weighted by molar-refractivity contribution is 8.02. The smallest absolute Gasteiger partial charge is 0.317 e. The molecule has 0 saturated carbocycles. The highest BCUT2D eigenvalue weighted by Gasteiger charge is 2.76. The molecule has 1 aromatic rings. The highest BCUT2D eigenvalue weighted by atomic mass is 32.2. The molecule has 0 unspecified atom stereocenters. The second kappa shape index (κ2) is 4.91. The van der Waals surface area contributed by atoms with Crippen LogP contribution in [0.5, 0.6) is 0 Å². The molecule has 1 fully saturated rings. The number of hydrogen-bond donors (Lipinski definition) is 1. The second-order valence-corrected chi connectivity index (χ2v) is 6.72. The van der Waals surface area contributed by atoms with Gasteiger partial charge in [0, 0.05) is 10.5 Å². The van der Waals surface area contributed by atoms with Crippen LogP contribution in [0, 0.1) is 5.41 Å². The summed E-state index contributed by atoms with van der Waals surface area (Å²) in [4.78, 5) is 0.553. The van der Waals surface area contributed by atoms with Gasteiger partial charge in [-0.3, -0.25) is 0 Å². The van der Waals surface area contributed by atoms with Crippen LogP contribution in [0.2, 0.25) is 0 Å². The van der Waals surface area contributed by atoms with Crippen LogP contribution in [0.4, 0.5) is 8.78 Å². The lowest BCUT2D eigenvalue weighted by molar-refractivity contribution is -0.293. The van der Waals surface area contributed by atoms with E-state index in [-0.39, 0.29) is 5.56 Å². The molecule has 2 aliphatic rings. The van der Waals surface area contributed by atoms with Gasteiger partial charge in [-0.15, -0.1) is 11.8 Å². The zero-order valence-electron chi connectivity index (χ0n) is 12.6. The summed E-state index contributed by atoms with van der Waals surface area (Å²) in [7, 11) is 0. The minimum atomic E-state index is -3.46. The normalized spacial score (nSPS) is 36.5. The first-order chi connectivity index (χ1) is 10.3. The number of allylic oxidation sites excluding steroid dienone is 2. The molecule has 1 aliphatic carbocycles. The van der Waals surface area contributed by atoms with E-state index in [1.165, 1.54) is 30.8 Å². The van der Waals surface area contributed by atoms with Crippen molar-refractivity contribution in [2.45, 2.75) is 31.7 Å². The molecule has 1 heterocycles. The molecular weight excluding hydrogens is 306 g/mol. The number of fused-ring (bicyclic) bond motifs is 1. The molecule has 3 atom stereocenters. The third-order valence-corrected chi connectivity index (χ3v) is 5.82. The molecular formula is C17H18F2O2S. The Balaban J connectivity index is 2.20. The van der Waals surface area contributed by atoms with Crippen LogP contribution >= 0.6 is 11.8 Å². The fourth-order valence-corrected chi connectivity index (χ4v) is 4.47. The fraction of sp³-hybridized carbons (Fsp3) is 0.412. The molecule has 0 radical (unpaired) electrons. The van der Waals surface area contributed by atoms with Crippen LogP contribution in [0.15, 0.2) is 53.0 Å². The van der Waals surface area contributed by atoms with Crippen LogP contribution in [0.3, 0.4) is 0 Å². The molecule has 0 spiro atoms. The number of halogens is 2. The number of thioether (sulfide) groups is 1. The van der Waals surface area contributed by atoms with Crippen LogP contribution in [-0.2, 0) is 10.5 Å². The molecule has 1 aliphatic heterocycles. The topological polar surface area (TPSA) is 29.5 Å². The van der Waals surface area contributed by atoms with Crippen LogP contribution in [0.1, 0.15) is 19.4 Å². The van der Waals surface area contributed by atoms with Gasteiger partial charge in [-0.05, 0) is 25.7 Å². The summed E-state index contributed by atoms with van der Waals surface area (Å²) in [5.41, 5.74) is -0.732. The number of aliphatic hydroxyl groups is 1. The van der Waals surface area contributed by atoms with Crippen molar-refractivity contribution in [1.29, 1.82) is 0 Å². The summed E-state index contributed by atoms with van der Waals surface area (Å²) in [5, 5.41) is 10.7. The van der Waals surface area contributed by atoms with Crippen LogP contribution in [0.25, 0.3) is 0 Å². The third kappa shape index (κ3) is 1.73. The predicted molar refractivity (Wildman–Crippen MR) is 83.6 cm³/mol. The van der Waals surface area contributed by atoms with E-state index in [1.54, 1.807) is 43.5 Å². The molecule has 22 heavy (non-hydrogen) atoms. The maximum atomic E-state index is 15.4. The fourth-order valence-electron chi connectivity index (χ4n) is 3.41. The lowest BCUT2D eigenvalue weighted by Crippen LogP contribution is -2.51. The lowest BCUT2D eigenvalue weighted by Gasteiger charge is -2.39. The van der Waals surface area contributed by atoms with Gasteiger partial charge >= 0.3 is 5.92 Å². The Morgan fingerprint density at radius 3 is 2.45 bits per heavy atom. The van der Waals surface area contributed by atoms with Crippen molar-refractivity contribution in [1.82, 2.24) is 0 Å².